The Morgan fingerprint density at radius 3 is 2.59 bits per heavy atom. The van der Waals surface area contributed by atoms with Crippen LogP contribution in [0.5, 0.6) is 0 Å². The van der Waals surface area contributed by atoms with Gasteiger partial charge in [-0.05, 0) is 45.2 Å². The second-order valence-electron chi connectivity index (χ2n) is 5.21. The van der Waals surface area contributed by atoms with Gasteiger partial charge >= 0.3 is 5.97 Å². The Kier molecular flexibility index (Phi) is 5.36. The maximum Gasteiger partial charge on any atom is 0.323 e. The fraction of sp³-hybridized carbons (Fsp3) is 0.917. The van der Waals surface area contributed by atoms with Crippen LogP contribution in [0.2, 0.25) is 0 Å². The molecule has 0 bridgehead atoms. The third kappa shape index (κ3) is 4.61. The quantitative estimate of drug-likeness (QED) is 0.713. The molecule has 0 aromatic carbocycles. The van der Waals surface area contributed by atoms with Crippen LogP contribution in [0.1, 0.15) is 26.2 Å². The van der Waals surface area contributed by atoms with Crippen molar-refractivity contribution in [2.75, 3.05) is 33.4 Å². The zero-order valence-corrected chi connectivity index (χ0v) is 10.8. The van der Waals surface area contributed by atoms with Crippen molar-refractivity contribution in [3.05, 3.63) is 0 Å². The van der Waals surface area contributed by atoms with E-state index in [0.29, 0.717) is 12.3 Å². The number of carboxylic acid groups (broad SMARTS) is 1. The van der Waals surface area contributed by atoms with Gasteiger partial charge in [0.05, 0.1) is 0 Å². The predicted molar refractivity (Wildman–Crippen MR) is 65.9 cm³/mol. The van der Waals surface area contributed by atoms with E-state index >= 15 is 0 Å². The summed E-state index contributed by atoms with van der Waals surface area (Å²) in [5, 5.41) is 8.92. The number of aliphatic carboxylic acids is 1. The first kappa shape index (κ1) is 14.4. The lowest BCUT2D eigenvalue weighted by molar-refractivity contribution is -0.143. The van der Waals surface area contributed by atoms with Crippen LogP contribution >= 0.6 is 0 Å². The average molecular weight is 244 g/mol. The van der Waals surface area contributed by atoms with Crippen LogP contribution in [-0.4, -0.2) is 54.9 Å². The Morgan fingerprint density at radius 1 is 1.53 bits per heavy atom. The van der Waals surface area contributed by atoms with Crippen molar-refractivity contribution in [1.82, 2.24) is 4.90 Å². The minimum absolute atomic E-state index is 0.497. The number of methoxy groups -OCH3 is 1. The Balaban J connectivity index is 2.25. The van der Waals surface area contributed by atoms with Gasteiger partial charge in [-0.25, -0.2) is 0 Å². The van der Waals surface area contributed by atoms with Gasteiger partial charge in [0.15, 0.2) is 0 Å². The monoisotopic (exact) mass is 244 g/mol. The molecule has 1 aliphatic rings. The minimum Gasteiger partial charge on any atom is -0.480 e. The number of rotatable bonds is 6. The molecule has 0 aromatic heterocycles. The third-order valence-electron chi connectivity index (χ3n) is 3.55. The van der Waals surface area contributed by atoms with Gasteiger partial charge in [0.25, 0.3) is 0 Å². The molecule has 1 heterocycles. The number of piperidine rings is 1. The van der Waals surface area contributed by atoms with Gasteiger partial charge in [0, 0.05) is 20.3 Å². The summed E-state index contributed by atoms with van der Waals surface area (Å²) in [7, 11) is 1.74. The standard InChI is InChI=1S/C12H24N2O3/c1-12(13,11(15)16)5-8-14-6-3-10(4-7-14)9-17-2/h10H,3-9,13H2,1-2H3,(H,15,16). The van der Waals surface area contributed by atoms with Gasteiger partial charge in [-0.1, -0.05) is 0 Å². The van der Waals surface area contributed by atoms with E-state index in [-0.39, 0.29) is 0 Å². The van der Waals surface area contributed by atoms with Gasteiger partial charge < -0.3 is 20.5 Å². The molecule has 1 fully saturated rings. The molecule has 100 valence electrons. The highest BCUT2D eigenvalue weighted by atomic mass is 16.5. The van der Waals surface area contributed by atoms with E-state index in [1.165, 1.54) is 0 Å². The summed E-state index contributed by atoms with van der Waals surface area (Å²) in [4.78, 5) is 13.2. The minimum atomic E-state index is -1.11. The topological polar surface area (TPSA) is 75.8 Å². The number of nitrogens with zero attached hydrogens (tertiary/aromatic N) is 1. The van der Waals surface area contributed by atoms with Crippen molar-refractivity contribution in [2.24, 2.45) is 11.7 Å². The molecule has 5 nitrogen and oxygen atoms in total. The third-order valence-corrected chi connectivity index (χ3v) is 3.55. The summed E-state index contributed by atoms with van der Waals surface area (Å²) in [6.07, 6.45) is 2.75. The molecule has 0 spiro atoms. The van der Waals surface area contributed by atoms with Gasteiger partial charge in [-0.2, -0.15) is 0 Å². The molecule has 3 N–H and O–H groups in total. The molecule has 1 rings (SSSR count). The number of hydrogen-bond donors (Lipinski definition) is 2. The first-order chi connectivity index (χ1) is 7.95. The fourth-order valence-corrected chi connectivity index (χ4v) is 2.11. The molecule has 1 unspecified atom stereocenters. The molecule has 0 saturated carbocycles. The lowest BCUT2D eigenvalue weighted by atomic mass is 9.95. The first-order valence-electron chi connectivity index (χ1n) is 6.19. The molecular formula is C12H24N2O3. The second kappa shape index (κ2) is 6.33. The SMILES string of the molecule is COCC1CCN(CCC(C)(N)C(=O)O)CC1. The number of likely N-dealkylation sites (tertiary alicyclic amines) is 1. The van der Waals surface area contributed by atoms with E-state index in [9.17, 15) is 4.79 Å². The first-order valence-corrected chi connectivity index (χ1v) is 6.19. The van der Waals surface area contributed by atoms with Crippen LogP contribution in [0.25, 0.3) is 0 Å². The van der Waals surface area contributed by atoms with Crippen molar-refractivity contribution in [2.45, 2.75) is 31.7 Å². The van der Waals surface area contributed by atoms with E-state index in [0.717, 1.165) is 39.1 Å². The molecule has 0 radical (unpaired) electrons. The Bertz CT molecular complexity index is 248. The Labute approximate surface area is 103 Å². The van der Waals surface area contributed by atoms with Gasteiger partial charge in [0.2, 0.25) is 0 Å². The molecule has 1 aliphatic heterocycles. The van der Waals surface area contributed by atoms with Crippen LogP contribution < -0.4 is 5.73 Å². The van der Waals surface area contributed by atoms with Crippen LogP contribution in [-0.2, 0) is 9.53 Å². The smallest absolute Gasteiger partial charge is 0.323 e. The van der Waals surface area contributed by atoms with Crippen molar-refractivity contribution < 1.29 is 14.6 Å². The zero-order valence-electron chi connectivity index (χ0n) is 10.8. The highest BCUT2D eigenvalue weighted by Gasteiger charge is 2.29. The molecule has 5 heteroatoms. The molecule has 1 saturated heterocycles. The molecule has 0 amide bonds. The normalized spacial score (nSPS) is 22.3. The van der Waals surface area contributed by atoms with E-state index in [4.69, 9.17) is 15.6 Å². The average Bonchev–Trinajstić information content (AvgIpc) is 2.28. The molecule has 0 aliphatic carbocycles. The number of hydrogen-bond acceptors (Lipinski definition) is 4. The van der Waals surface area contributed by atoms with Crippen molar-refractivity contribution in [3.8, 4) is 0 Å². The lowest BCUT2D eigenvalue weighted by Crippen LogP contribution is -2.48. The maximum absolute atomic E-state index is 10.9. The second-order valence-corrected chi connectivity index (χ2v) is 5.21. The van der Waals surface area contributed by atoms with Gasteiger partial charge in [0.1, 0.15) is 5.54 Å². The van der Waals surface area contributed by atoms with Crippen molar-refractivity contribution in [3.63, 3.8) is 0 Å². The van der Waals surface area contributed by atoms with E-state index in [1.807, 2.05) is 0 Å². The summed E-state index contributed by atoms with van der Waals surface area (Å²) in [6.45, 7) is 5.21. The zero-order chi connectivity index (χ0) is 12.9. The Hall–Kier alpha value is -0.650. The largest absolute Gasteiger partial charge is 0.480 e. The summed E-state index contributed by atoms with van der Waals surface area (Å²) < 4.78 is 5.15. The highest BCUT2D eigenvalue weighted by Crippen LogP contribution is 2.18. The summed E-state index contributed by atoms with van der Waals surface area (Å²) in [5.74, 6) is -0.272. The molecular weight excluding hydrogens is 220 g/mol. The predicted octanol–water partition coefficient (Wildman–Crippen LogP) is 0.537. The van der Waals surface area contributed by atoms with Crippen LogP contribution in [0.4, 0.5) is 0 Å². The van der Waals surface area contributed by atoms with Gasteiger partial charge in [-0.15, -0.1) is 0 Å². The number of carbonyl (C=O) groups is 1. The van der Waals surface area contributed by atoms with E-state index in [1.54, 1.807) is 14.0 Å². The number of ether oxygens (including phenoxy) is 1. The molecule has 17 heavy (non-hydrogen) atoms. The number of nitrogens with two attached hydrogens (primary N) is 1. The van der Waals surface area contributed by atoms with Crippen molar-refractivity contribution >= 4 is 5.97 Å². The van der Waals surface area contributed by atoms with Crippen LogP contribution in [0.15, 0.2) is 0 Å². The molecule has 0 aromatic rings. The van der Waals surface area contributed by atoms with Crippen molar-refractivity contribution in [1.29, 1.82) is 0 Å². The van der Waals surface area contributed by atoms with Crippen LogP contribution in [0.3, 0.4) is 0 Å². The Morgan fingerprint density at radius 2 is 2.12 bits per heavy atom. The van der Waals surface area contributed by atoms with E-state index in [2.05, 4.69) is 4.90 Å². The lowest BCUT2D eigenvalue weighted by Gasteiger charge is -2.33. The highest BCUT2D eigenvalue weighted by molar-refractivity contribution is 5.77. The maximum atomic E-state index is 10.9. The van der Waals surface area contributed by atoms with E-state index < -0.39 is 11.5 Å². The summed E-state index contributed by atoms with van der Waals surface area (Å²) in [6, 6.07) is 0. The fourth-order valence-electron chi connectivity index (χ4n) is 2.11. The van der Waals surface area contributed by atoms with Crippen LogP contribution in [0, 0.1) is 5.92 Å². The summed E-state index contributed by atoms with van der Waals surface area (Å²) >= 11 is 0. The molecule has 1 atom stereocenters. The summed E-state index contributed by atoms with van der Waals surface area (Å²) in [5.41, 5.74) is 4.60. The van der Waals surface area contributed by atoms with Gasteiger partial charge in [-0.3, -0.25) is 4.79 Å². The number of carboxylic acids is 1.